The molecule has 0 amide bonds. The Morgan fingerprint density at radius 3 is 2.36 bits per heavy atom. The highest BCUT2D eigenvalue weighted by molar-refractivity contribution is 7.85. The predicted molar refractivity (Wildman–Crippen MR) is 82.5 cm³/mol. The first-order chi connectivity index (χ1) is 10.2. The van der Waals surface area contributed by atoms with Gasteiger partial charge in [0.05, 0.1) is 10.6 Å². The number of nitrogens with zero attached hydrogens (tertiary/aromatic N) is 2. The third kappa shape index (κ3) is 3.42. The minimum Gasteiger partial charge on any atom is -0.507 e. The van der Waals surface area contributed by atoms with E-state index in [4.69, 9.17) is 21.8 Å². The van der Waals surface area contributed by atoms with Gasteiger partial charge in [-0.15, -0.1) is 0 Å². The lowest BCUT2D eigenvalue weighted by Crippen LogP contribution is -2.26. The van der Waals surface area contributed by atoms with E-state index in [0.717, 1.165) is 6.07 Å². The van der Waals surface area contributed by atoms with Crippen molar-refractivity contribution < 1.29 is 18.1 Å². The number of nitrogens with two attached hydrogens (primary N) is 3. The number of aliphatic imine (C=N–C) groups is 2. The SMILES string of the molecule is NC(N)=NC(N)=Nc1ccc2cc(S(=O)(=O)O)cc(O)c2c1. The Kier molecular flexibility index (Phi) is 3.89. The van der Waals surface area contributed by atoms with E-state index in [1.807, 2.05) is 0 Å². The van der Waals surface area contributed by atoms with Crippen molar-refractivity contribution in [1.82, 2.24) is 0 Å². The van der Waals surface area contributed by atoms with Gasteiger partial charge in [-0.25, -0.2) is 4.99 Å². The Balaban J connectivity index is 2.57. The van der Waals surface area contributed by atoms with Crippen molar-refractivity contribution in [2.75, 3.05) is 0 Å². The third-order valence-corrected chi connectivity index (χ3v) is 3.51. The van der Waals surface area contributed by atoms with Crippen molar-refractivity contribution in [3.63, 3.8) is 0 Å². The molecular weight excluding hydrogens is 310 g/mol. The first kappa shape index (κ1) is 15.5. The second kappa shape index (κ2) is 5.50. The predicted octanol–water partition coefficient (Wildman–Crippen LogP) is 0.0117. The molecule has 0 aliphatic rings. The fraction of sp³-hybridized carbons (Fsp3) is 0. The molecule has 0 unspecified atom stereocenters. The maximum atomic E-state index is 11.1. The largest absolute Gasteiger partial charge is 0.507 e. The summed E-state index contributed by atoms with van der Waals surface area (Å²) in [6.45, 7) is 0. The molecule has 0 atom stereocenters. The first-order valence-corrected chi connectivity index (χ1v) is 7.29. The number of rotatable bonds is 2. The summed E-state index contributed by atoms with van der Waals surface area (Å²) in [5.74, 6) is -0.751. The number of fused-ring (bicyclic) bond motifs is 1. The van der Waals surface area contributed by atoms with E-state index in [1.54, 1.807) is 0 Å². The molecule has 22 heavy (non-hydrogen) atoms. The molecule has 2 rings (SSSR count). The third-order valence-electron chi connectivity index (χ3n) is 2.67. The Hall–Kier alpha value is -2.85. The van der Waals surface area contributed by atoms with E-state index in [9.17, 15) is 13.5 Å². The zero-order chi connectivity index (χ0) is 16.5. The van der Waals surface area contributed by atoms with Crippen molar-refractivity contribution in [3.8, 4) is 5.75 Å². The lowest BCUT2D eigenvalue weighted by molar-refractivity contribution is 0.471. The van der Waals surface area contributed by atoms with E-state index in [-0.39, 0.29) is 17.7 Å². The lowest BCUT2D eigenvalue weighted by Gasteiger charge is -2.05. The van der Waals surface area contributed by atoms with Gasteiger partial charge >= 0.3 is 0 Å². The Bertz CT molecular complexity index is 901. The molecule has 0 saturated carbocycles. The van der Waals surface area contributed by atoms with Crippen molar-refractivity contribution in [2.45, 2.75) is 4.90 Å². The lowest BCUT2D eigenvalue weighted by atomic mass is 10.1. The Morgan fingerprint density at radius 2 is 1.77 bits per heavy atom. The molecule has 2 aromatic carbocycles. The summed E-state index contributed by atoms with van der Waals surface area (Å²) in [5.41, 5.74) is 16.2. The summed E-state index contributed by atoms with van der Waals surface area (Å²) < 4.78 is 31.2. The van der Waals surface area contributed by atoms with Gasteiger partial charge in [0.1, 0.15) is 5.75 Å². The molecule has 10 heteroatoms. The van der Waals surface area contributed by atoms with Crippen LogP contribution in [0.5, 0.6) is 5.75 Å². The van der Waals surface area contributed by atoms with Crippen LogP contribution in [0.4, 0.5) is 5.69 Å². The van der Waals surface area contributed by atoms with Gasteiger partial charge in [-0.3, -0.25) is 4.55 Å². The normalized spacial score (nSPS) is 12.3. The van der Waals surface area contributed by atoms with Crippen LogP contribution in [0.3, 0.4) is 0 Å². The number of hydrogen-bond donors (Lipinski definition) is 5. The summed E-state index contributed by atoms with van der Waals surface area (Å²) in [6, 6.07) is 6.64. The second-order valence-electron chi connectivity index (χ2n) is 4.33. The maximum Gasteiger partial charge on any atom is 0.294 e. The number of phenolic OH excluding ortho intramolecular Hbond substituents is 1. The summed E-state index contributed by atoms with van der Waals surface area (Å²) in [6.07, 6.45) is 0. The van der Waals surface area contributed by atoms with Crippen molar-refractivity contribution in [1.29, 1.82) is 0 Å². The fourth-order valence-electron chi connectivity index (χ4n) is 1.81. The molecular formula is C12H13N5O4S. The number of aromatic hydroxyl groups is 1. The molecule has 116 valence electrons. The molecule has 0 saturated heterocycles. The van der Waals surface area contributed by atoms with Crippen LogP contribution in [0.1, 0.15) is 0 Å². The summed E-state index contributed by atoms with van der Waals surface area (Å²) in [4.78, 5) is 7.07. The van der Waals surface area contributed by atoms with E-state index >= 15 is 0 Å². The van der Waals surface area contributed by atoms with Crippen LogP contribution in [0.2, 0.25) is 0 Å². The molecule has 0 heterocycles. The van der Waals surface area contributed by atoms with Gasteiger partial charge in [0.2, 0.25) is 5.96 Å². The molecule has 9 nitrogen and oxygen atoms in total. The van der Waals surface area contributed by atoms with E-state index in [2.05, 4.69) is 9.98 Å². The van der Waals surface area contributed by atoms with Gasteiger partial charge in [-0.1, -0.05) is 6.07 Å². The minimum absolute atomic E-state index is 0.173. The zero-order valence-corrected chi connectivity index (χ0v) is 11.9. The van der Waals surface area contributed by atoms with Crippen LogP contribution < -0.4 is 17.2 Å². The highest BCUT2D eigenvalue weighted by Crippen LogP contribution is 2.31. The van der Waals surface area contributed by atoms with Crippen LogP contribution in [-0.4, -0.2) is 30.0 Å². The second-order valence-corrected chi connectivity index (χ2v) is 5.75. The number of phenols is 1. The monoisotopic (exact) mass is 323 g/mol. The standard InChI is InChI=1S/C12H13N5O4S/c13-11(14)17-12(15)16-7-2-1-6-3-8(22(19,20)21)5-10(18)9(6)4-7/h1-5,18H,(H,19,20,21)(H6,13,14,15,16,17). The Labute approximate surface area is 125 Å². The molecule has 0 aliphatic carbocycles. The van der Waals surface area contributed by atoms with Crippen molar-refractivity contribution >= 4 is 38.5 Å². The number of guanidine groups is 2. The molecule has 2 aromatic rings. The van der Waals surface area contributed by atoms with Gasteiger partial charge in [0.15, 0.2) is 5.96 Å². The average Bonchev–Trinajstić information content (AvgIpc) is 2.37. The van der Waals surface area contributed by atoms with Crippen molar-refractivity contribution in [2.24, 2.45) is 27.2 Å². The number of benzene rings is 2. The van der Waals surface area contributed by atoms with Crippen LogP contribution in [0.25, 0.3) is 10.8 Å². The van der Waals surface area contributed by atoms with Crippen LogP contribution in [0, 0.1) is 0 Å². The van der Waals surface area contributed by atoms with E-state index in [0.29, 0.717) is 16.5 Å². The van der Waals surface area contributed by atoms with Crippen LogP contribution >= 0.6 is 0 Å². The van der Waals surface area contributed by atoms with Gasteiger partial charge < -0.3 is 22.3 Å². The summed E-state index contributed by atoms with van der Waals surface area (Å²) in [5, 5.41) is 10.6. The smallest absolute Gasteiger partial charge is 0.294 e. The minimum atomic E-state index is -4.41. The van der Waals surface area contributed by atoms with Crippen molar-refractivity contribution in [3.05, 3.63) is 30.3 Å². The zero-order valence-electron chi connectivity index (χ0n) is 11.1. The maximum absolute atomic E-state index is 11.1. The summed E-state index contributed by atoms with van der Waals surface area (Å²) in [7, 11) is -4.41. The average molecular weight is 323 g/mol. The molecule has 0 fully saturated rings. The molecule has 0 aromatic heterocycles. The molecule has 8 N–H and O–H groups in total. The van der Waals surface area contributed by atoms with E-state index < -0.39 is 15.0 Å². The van der Waals surface area contributed by atoms with E-state index in [1.165, 1.54) is 24.3 Å². The van der Waals surface area contributed by atoms with Crippen LogP contribution in [-0.2, 0) is 10.1 Å². The fourth-order valence-corrected chi connectivity index (χ4v) is 2.34. The topological polar surface area (TPSA) is 177 Å². The highest BCUT2D eigenvalue weighted by Gasteiger charge is 2.13. The highest BCUT2D eigenvalue weighted by atomic mass is 32.2. The van der Waals surface area contributed by atoms with Gasteiger partial charge in [-0.2, -0.15) is 13.4 Å². The molecule has 0 bridgehead atoms. The first-order valence-electron chi connectivity index (χ1n) is 5.85. The van der Waals surface area contributed by atoms with Gasteiger partial charge in [-0.05, 0) is 23.6 Å². The molecule has 0 radical (unpaired) electrons. The molecule has 0 aliphatic heterocycles. The quantitative estimate of drug-likeness (QED) is 0.293. The number of hydrogen-bond acceptors (Lipinski definition) is 4. The molecule has 0 spiro atoms. The van der Waals surface area contributed by atoms with Gasteiger partial charge in [0, 0.05) is 11.5 Å². The van der Waals surface area contributed by atoms with Crippen LogP contribution in [0.15, 0.2) is 45.2 Å². The Morgan fingerprint density at radius 1 is 1.09 bits per heavy atom. The summed E-state index contributed by atoms with van der Waals surface area (Å²) >= 11 is 0. The van der Waals surface area contributed by atoms with Gasteiger partial charge in [0.25, 0.3) is 10.1 Å².